The van der Waals surface area contributed by atoms with Crippen molar-refractivity contribution in [3.63, 3.8) is 0 Å². The number of fused-ring (bicyclic) bond motifs is 1. The van der Waals surface area contributed by atoms with Crippen LogP contribution in [0, 0.1) is 18.3 Å². The van der Waals surface area contributed by atoms with E-state index in [1.807, 2.05) is 6.07 Å². The molecule has 1 aliphatic rings. The zero-order valence-electron chi connectivity index (χ0n) is 14.8. The first-order chi connectivity index (χ1) is 13.2. The Bertz CT molecular complexity index is 1030. The van der Waals surface area contributed by atoms with Crippen molar-refractivity contribution >= 4 is 17.1 Å². The van der Waals surface area contributed by atoms with Gasteiger partial charge in [-0.1, -0.05) is 5.16 Å². The van der Waals surface area contributed by atoms with Crippen LogP contribution in [0.5, 0.6) is 5.75 Å². The topological polar surface area (TPSA) is 98.2 Å². The molecular formula is C20H17N3O4. The van der Waals surface area contributed by atoms with Crippen molar-refractivity contribution in [3.8, 4) is 11.8 Å². The summed E-state index contributed by atoms with van der Waals surface area (Å²) in [7, 11) is 0. The summed E-state index contributed by atoms with van der Waals surface area (Å²) in [5.74, 6) is 0.548. The third kappa shape index (κ3) is 3.60. The second-order valence-electron chi connectivity index (χ2n) is 6.44. The number of pyridine rings is 1. The quantitative estimate of drug-likeness (QED) is 0.488. The van der Waals surface area contributed by atoms with E-state index in [0.717, 1.165) is 18.5 Å². The van der Waals surface area contributed by atoms with Crippen LogP contribution in [0.3, 0.4) is 0 Å². The van der Waals surface area contributed by atoms with Crippen molar-refractivity contribution in [3.05, 3.63) is 52.8 Å². The molecule has 0 saturated heterocycles. The molecule has 1 saturated carbocycles. The fraction of sp³-hybridized carbons (Fsp3) is 0.300. The van der Waals surface area contributed by atoms with Crippen LogP contribution >= 0.6 is 0 Å². The molecule has 2 heterocycles. The molecule has 0 atom stereocenters. The molecule has 0 N–H and O–H groups in total. The average molecular weight is 363 g/mol. The van der Waals surface area contributed by atoms with Gasteiger partial charge in [0.2, 0.25) is 0 Å². The van der Waals surface area contributed by atoms with E-state index in [1.54, 1.807) is 37.3 Å². The molecule has 136 valence electrons. The zero-order valence-corrected chi connectivity index (χ0v) is 14.8. The highest BCUT2D eigenvalue weighted by Crippen LogP contribution is 2.40. The van der Waals surface area contributed by atoms with Crippen LogP contribution in [0.4, 0.5) is 0 Å². The lowest BCUT2D eigenvalue weighted by Crippen LogP contribution is -2.13. The van der Waals surface area contributed by atoms with Gasteiger partial charge < -0.3 is 14.0 Å². The van der Waals surface area contributed by atoms with Gasteiger partial charge in [-0.2, -0.15) is 5.26 Å². The Labute approximate surface area is 155 Å². The molecule has 1 fully saturated rings. The molecule has 0 spiro atoms. The number of aryl methyl sites for hydroxylation is 1. The summed E-state index contributed by atoms with van der Waals surface area (Å²) in [6.45, 7) is 2.09. The van der Waals surface area contributed by atoms with Crippen LogP contribution in [0.1, 0.15) is 46.1 Å². The minimum atomic E-state index is -0.445. The van der Waals surface area contributed by atoms with E-state index in [-0.39, 0.29) is 13.2 Å². The van der Waals surface area contributed by atoms with E-state index in [1.165, 1.54) is 0 Å². The highest BCUT2D eigenvalue weighted by Gasteiger charge is 2.29. The van der Waals surface area contributed by atoms with E-state index >= 15 is 0 Å². The molecule has 3 aromatic rings. The van der Waals surface area contributed by atoms with Gasteiger partial charge in [-0.15, -0.1) is 0 Å². The lowest BCUT2D eigenvalue weighted by atomic mass is 10.1. The molecule has 0 radical (unpaired) electrons. The maximum absolute atomic E-state index is 12.6. The molecule has 7 heteroatoms. The SMILES string of the molecule is Cc1noc2nc(C3CC3)cc(C(=O)OCCOc3ccc(C#N)cc3)c12. The van der Waals surface area contributed by atoms with Gasteiger partial charge in [-0.3, -0.25) is 0 Å². The Kier molecular flexibility index (Phi) is 4.47. The van der Waals surface area contributed by atoms with Gasteiger partial charge in [0, 0.05) is 11.6 Å². The van der Waals surface area contributed by atoms with Crippen molar-refractivity contribution in [2.45, 2.75) is 25.7 Å². The smallest absolute Gasteiger partial charge is 0.339 e. The molecule has 0 amide bonds. The fourth-order valence-electron chi connectivity index (χ4n) is 2.86. The van der Waals surface area contributed by atoms with Gasteiger partial charge in [-0.25, -0.2) is 9.78 Å². The van der Waals surface area contributed by atoms with Crippen LogP contribution in [0.15, 0.2) is 34.9 Å². The summed E-state index contributed by atoms with van der Waals surface area (Å²) >= 11 is 0. The van der Waals surface area contributed by atoms with Crippen LogP contribution in [0.25, 0.3) is 11.1 Å². The number of esters is 1. The van der Waals surface area contributed by atoms with Gasteiger partial charge in [-0.05, 0) is 50.1 Å². The predicted molar refractivity (Wildman–Crippen MR) is 95.5 cm³/mol. The van der Waals surface area contributed by atoms with Crippen molar-refractivity contribution in [1.29, 1.82) is 5.26 Å². The van der Waals surface area contributed by atoms with Crippen molar-refractivity contribution in [1.82, 2.24) is 10.1 Å². The van der Waals surface area contributed by atoms with E-state index in [9.17, 15) is 4.79 Å². The van der Waals surface area contributed by atoms with Crippen molar-refractivity contribution in [2.75, 3.05) is 13.2 Å². The Morgan fingerprint density at radius 1 is 1.30 bits per heavy atom. The number of hydrogen-bond donors (Lipinski definition) is 0. The minimum absolute atomic E-state index is 0.103. The molecular weight excluding hydrogens is 346 g/mol. The second kappa shape index (κ2) is 7.08. The molecule has 2 aromatic heterocycles. The summed E-state index contributed by atoms with van der Waals surface area (Å²) in [5.41, 5.74) is 2.82. The molecule has 7 nitrogen and oxygen atoms in total. The third-order valence-electron chi connectivity index (χ3n) is 4.42. The van der Waals surface area contributed by atoms with E-state index < -0.39 is 5.97 Å². The van der Waals surface area contributed by atoms with E-state index in [4.69, 9.17) is 19.3 Å². The number of benzene rings is 1. The highest BCUT2D eigenvalue weighted by molar-refractivity contribution is 6.03. The summed E-state index contributed by atoms with van der Waals surface area (Å²) in [5, 5.41) is 13.3. The Hall–Kier alpha value is -3.40. The number of hydrogen-bond acceptors (Lipinski definition) is 7. The zero-order chi connectivity index (χ0) is 18.8. The summed E-state index contributed by atoms with van der Waals surface area (Å²) in [6.07, 6.45) is 2.14. The molecule has 1 aliphatic carbocycles. The fourth-order valence-corrected chi connectivity index (χ4v) is 2.86. The maximum atomic E-state index is 12.6. The maximum Gasteiger partial charge on any atom is 0.339 e. The monoisotopic (exact) mass is 363 g/mol. The standard InChI is InChI=1S/C20H17N3O4/c1-12-18-16(10-17(14-4-5-14)22-19(18)27-23-12)20(24)26-9-8-25-15-6-2-13(11-21)3-7-15/h2-3,6-7,10,14H,4-5,8-9H2,1H3. The van der Waals surface area contributed by atoms with Crippen LogP contribution in [-0.4, -0.2) is 29.3 Å². The first kappa shape index (κ1) is 17.0. The Balaban J connectivity index is 1.42. The van der Waals surface area contributed by atoms with E-state index in [2.05, 4.69) is 10.1 Å². The van der Waals surface area contributed by atoms with Gasteiger partial charge in [0.15, 0.2) is 0 Å². The lowest BCUT2D eigenvalue weighted by Gasteiger charge is -2.09. The average Bonchev–Trinajstić information content (AvgIpc) is 3.48. The van der Waals surface area contributed by atoms with Crippen LogP contribution < -0.4 is 4.74 Å². The molecule has 27 heavy (non-hydrogen) atoms. The van der Waals surface area contributed by atoms with E-state index in [0.29, 0.717) is 39.6 Å². The van der Waals surface area contributed by atoms with Crippen molar-refractivity contribution in [2.24, 2.45) is 0 Å². The summed E-state index contributed by atoms with van der Waals surface area (Å²) in [4.78, 5) is 17.1. The largest absolute Gasteiger partial charge is 0.490 e. The summed E-state index contributed by atoms with van der Waals surface area (Å²) in [6, 6.07) is 10.6. The molecule has 1 aromatic carbocycles. The lowest BCUT2D eigenvalue weighted by molar-refractivity contribution is 0.0452. The highest BCUT2D eigenvalue weighted by atomic mass is 16.6. The number of rotatable bonds is 6. The first-order valence-electron chi connectivity index (χ1n) is 8.72. The van der Waals surface area contributed by atoms with Crippen LogP contribution in [0.2, 0.25) is 0 Å². The molecule has 0 bridgehead atoms. The number of ether oxygens (including phenoxy) is 2. The number of aromatic nitrogens is 2. The van der Waals surface area contributed by atoms with Gasteiger partial charge >= 0.3 is 5.97 Å². The number of nitrogens with zero attached hydrogens (tertiary/aromatic N) is 3. The molecule has 0 unspecified atom stereocenters. The number of carbonyl (C=O) groups excluding carboxylic acids is 1. The number of nitriles is 1. The second-order valence-corrected chi connectivity index (χ2v) is 6.44. The summed E-state index contributed by atoms with van der Waals surface area (Å²) < 4.78 is 16.1. The predicted octanol–water partition coefficient (Wildman–Crippen LogP) is 3.52. The molecule has 0 aliphatic heterocycles. The Morgan fingerprint density at radius 3 is 2.78 bits per heavy atom. The third-order valence-corrected chi connectivity index (χ3v) is 4.42. The first-order valence-corrected chi connectivity index (χ1v) is 8.72. The van der Waals surface area contributed by atoms with Gasteiger partial charge in [0.05, 0.1) is 28.3 Å². The van der Waals surface area contributed by atoms with Gasteiger partial charge in [0.25, 0.3) is 5.71 Å². The van der Waals surface area contributed by atoms with Crippen molar-refractivity contribution < 1.29 is 18.8 Å². The molecule has 4 rings (SSSR count). The normalized spacial score (nSPS) is 13.3. The van der Waals surface area contributed by atoms with Gasteiger partial charge in [0.1, 0.15) is 19.0 Å². The Morgan fingerprint density at radius 2 is 2.07 bits per heavy atom. The minimum Gasteiger partial charge on any atom is -0.490 e. The van der Waals surface area contributed by atoms with Crippen LogP contribution in [-0.2, 0) is 4.74 Å². The number of carbonyl (C=O) groups is 1.